The lowest BCUT2D eigenvalue weighted by atomic mass is 9.70. The standard InChI is InChI=1S/C22H32N6O5S/c1-5-28-16-17(25(4)20(31)24-18(16)30)23-19(28)26-8-10-27(11-9-26)34(32,33)13-22-7-6-14(12-15(22)29)21(22,2)3/h14H,5-13H2,1-4H3,(H,24,30,31)/t14-,22-/m0/s1. The molecule has 2 aromatic heterocycles. The highest BCUT2D eigenvalue weighted by Gasteiger charge is 2.65. The van der Waals surface area contributed by atoms with Crippen molar-refractivity contribution in [1.29, 1.82) is 0 Å². The minimum absolute atomic E-state index is 0.100. The number of anilines is 1. The van der Waals surface area contributed by atoms with Crippen LogP contribution >= 0.6 is 0 Å². The maximum Gasteiger partial charge on any atom is 0.329 e. The fraction of sp³-hybridized carbons (Fsp3) is 0.727. The fourth-order valence-electron chi connectivity index (χ4n) is 6.44. The number of H-pyrrole nitrogens is 1. The Bertz CT molecular complexity index is 1400. The lowest BCUT2D eigenvalue weighted by molar-refractivity contribution is -0.128. The molecule has 5 rings (SSSR count). The second kappa shape index (κ2) is 7.51. The SMILES string of the molecule is CCn1c(N2CCN(S(=O)(=O)C[C@@]34CC[C@@H](CC3=O)C4(C)C)CC2)nc2c1c(=O)[nH]c(=O)n2C. The maximum atomic E-state index is 13.4. The molecule has 2 aliphatic carbocycles. The van der Waals surface area contributed by atoms with Crippen LogP contribution < -0.4 is 16.1 Å². The average Bonchev–Trinajstić information content (AvgIpc) is 3.34. The van der Waals surface area contributed by atoms with Gasteiger partial charge >= 0.3 is 5.69 Å². The number of hydrogen-bond acceptors (Lipinski definition) is 7. The molecule has 0 aromatic carbocycles. The number of aromatic amines is 1. The Kier molecular flexibility index (Phi) is 5.14. The zero-order chi connectivity index (χ0) is 24.6. The highest BCUT2D eigenvalue weighted by molar-refractivity contribution is 7.89. The molecule has 2 aromatic rings. The van der Waals surface area contributed by atoms with E-state index in [2.05, 4.69) is 9.97 Å². The van der Waals surface area contributed by atoms with Crippen molar-refractivity contribution >= 4 is 32.9 Å². The third kappa shape index (κ3) is 3.07. The van der Waals surface area contributed by atoms with Crippen LogP contribution in [-0.2, 0) is 28.4 Å². The van der Waals surface area contributed by atoms with Gasteiger partial charge in [-0.15, -0.1) is 0 Å². The molecule has 3 heterocycles. The van der Waals surface area contributed by atoms with E-state index in [1.807, 2.05) is 25.7 Å². The molecule has 11 nitrogen and oxygen atoms in total. The van der Waals surface area contributed by atoms with Crippen LogP contribution in [0, 0.1) is 16.7 Å². The topological polar surface area (TPSA) is 130 Å². The number of fused-ring (bicyclic) bond motifs is 3. The molecule has 3 fully saturated rings. The number of nitrogens with zero attached hydrogens (tertiary/aromatic N) is 5. The van der Waals surface area contributed by atoms with Gasteiger partial charge in [0.15, 0.2) is 11.2 Å². The van der Waals surface area contributed by atoms with Gasteiger partial charge in [-0.05, 0) is 31.1 Å². The van der Waals surface area contributed by atoms with Crippen LogP contribution in [-0.4, -0.2) is 69.5 Å². The number of carbonyl (C=O) groups is 1. The Morgan fingerprint density at radius 2 is 1.79 bits per heavy atom. The van der Waals surface area contributed by atoms with E-state index in [-0.39, 0.29) is 36.0 Å². The van der Waals surface area contributed by atoms with Gasteiger partial charge in [0, 0.05) is 51.6 Å². The van der Waals surface area contributed by atoms with E-state index in [0.717, 1.165) is 6.42 Å². The molecule has 3 aliphatic rings. The van der Waals surface area contributed by atoms with Gasteiger partial charge < -0.3 is 9.47 Å². The highest BCUT2D eigenvalue weighted by Crippen LogP contribution is 2.64. The van der Waals surface area contributed by atoms with Gasteiger partial charge in [-0.3, -0.25) is 19.1 Å². The van der Waals surface area contributed by atoms with Crippen molar-refractivity contribution in [3.8, 4) is 0 Å². The van der Waals surface area contributed by atoms with E-state index in [0.29, 0.717) is 49.6 Å². The van der Waals surface area contributed by atoms with Gasteiger partial charge in [0.25, 0.3) is 5.56 Å². The summed E-state index contributed by atoms with van der Waals surface area (Å²) in [5.74, 6) is 0.801. The first-order valence-electron chi connectivity index (χ1n) is 11.9. The summed E-state index contributed by atoms with van der Waals surface area (Å²) in [7, 11) is -2.07. The summed E-state index contributed by atoms with van der Waals surface area (Å²) >= 11 is 0. The third-order valence-corrected chi connectivity index (χ3v) is 10.8. The fourth-order valence-corrected chi connectivity index (χ4v) is 8.64. The van der Waals surface area contributed by atoms with E-state index >= 15 is 0 Å². The number of aryl methyl sites for hydroxylation is 2. The number of rotatable bonds is 5. The van der Waals surface area contributed by atoms with Crippen molar-refractivity contribution in [2.45, 2.75) is 46.6 Å². The van der Waals surface area contributed by atoms with Crippen molar-refractivity contribution < 1.29 is 13.2 Å². The van der Waals surface area contributed by atoms with Gasteiger partial charge in [-0.25, -0.2) is 13.2 Å². The largest absolute Gasteiger partial charge is 0.340 e. The van der Waals surface area contributed by atoms with Crippen LogP contribution in [0.15, 0.2) is 9.59 Å². The molecule has 34 heavy (non-hydrogen) atoms. The van der Waals surface area contributed by atoms with Crippen LogP contribution in [0.25, 0.3) is 11.2 Å². The summed E-state index contributed by atoms with van der Waals surface area (Å²) in [5.41, 5.74) is -1.47. The van der Waals surface area contributed by atoms with Crippen LogP contribution in [0.2, 0.25) is 0 Å². The Hall–Kier alpha value is -2.47. The van der Waals surface area contributed by atoms with E-state index in [9.17, 15) is 22.8 Å². The molecule has 2 saturated carbocycles. The summed E-state index contributed by atoms with van der Waals surface area (Å²) in [6.45, 7) is 7.83. The van der Waals surface area contributed by atoms with Crippen molar-refractivity contribution in [1.82, 2.24) is 23.4 Å². The van der Waals surface area contributed by atoms with Gasteiger partial charge in [0.1, 0.15) is 5.78 Å². The molecule has 0 unspecified atom stereocenters. The minimum Gasteiger partial charge on any atom is -0.340 e. The summed E-state index contributed by atoms with van der Waals surface area (Å²) in [4.78, 5) is 46.2. The van der Waals surface area contributed by atoms with Gasteiger partial charge in [0.2, 0.25) is 16.0 Å². The Balaban J connectivity index is 1.38. The number of Topliss-reactive ketones (excluding diaryl/α,β-unsaturated/α-hetero) is 1. The Labute approximate surface area is 197 Å². The van der Waals surface area contributed by atoms with Crippen LogP contribution in [0.3, 0.4) is 0 Å². The van der Waals surface area contributed by atoms with E-state index in [1.165, 1.54) is 8.87 Å². The summed E-state index contributed by atoms with van der Waals surface area (Å²) < 4.78 is 31.4. The number of ketones is 1. The van der Waals surface area contributed by atoms with Gasteiger partial charge in [-0.2, -0.15) is 9.29 Å². The van der Waals surface area contributed by atoms with E-state index in [1.54, 1.807) is 11.6 Å². The monoisotopic (exact) mass is 492 g/mol. The summed E-state index contributed by atoms with van der Waals surface area (Å²) in [5, 5.41) is 0. The number of piperazine rings is 1. The van der Waals surface area contributed by atoms with Crippen molar-refractivity contribution in [2.75, 3.05) is 36.8 Å². The summed E-state index contributed by atoms with van der Waals surface area (Å²) in [6, 6.07) is 0. The van der Waals surface area contributed by atoms with Crippen molar-refractivity contribution in [3.05, 3.63) is 20.8 Å². The zero-order valence-electron chi connectivity index (χ0n) is 20.1. The van der Waals surface area contributed by atoms with Crippen LogP contribution in [0.4, 0.5) is 5.95 Å². The number of sulfonamides is 1. The second-order valence-corrected chi connectivity index (χ2v) is 12.4. The van der Waals surface area contributed by atoms with E-state index < -0.39 is 26.7 Å². The first kappa shape index (κ1) is 23.3. The lowest BCUT2D eigenvalue weighted by Gasteiger charge is -2.40. The summed E-state index contributed by atoms with van der Waals surface area (Å²) in [6.07, 6.45) is 2.05. The third-order valence-electron chi connectivity index (χ3n) is 8.79. The number of aromatic nitrogens is 4. The second-order valence-electron chi connectivity index (χ2n) is 10.5. The molecule has 0 spiro atoms. The van der Waals surface area contributed by atoms with Crippen LogP contribution in [0.5, 0.6) is 0 Å². The molecule has 1 N–H and O–H groups in total. The zero-order valence-corrected chi connectivity index (χ0v) is 20.9. The molecule has 12 heteroatoms. The quantitative estimate of drug-likeness (QED) is 0.635. The predicted molar refractivity (Wildman–Crippen MR) is 127 cm³/mol. The average molecular weight is 493 g/mol. The molecule has 186 valence electrons. The molecule has 0 amide bonds. The molecule has 2 bridgehead atoms. The minimum atomic E-state index is -3.62. The number of imidazole rings is 1. The van der Waals surface area contributed by atoms with Crippen molar-refractivity contribution in [2.24, 2.45) is 23.8 Å². The highest BCUT2D eigenvalue weighted by atomic mass is 32.2. The Morgan fingerprint density at radius 1 is 1.12 bits per heavy atom. The molecular weight excluding hydrogens is 460 g/mol. The molecular formula is C22H32N6O5S. The number of carbonyl (C=O) groups excluding carboxylic acids is 1. The first-order chi connectivity index (χ1) is 15.9. The lowest BCUT2D eigenvalue weighted by Crippen LogP contribution is -2.53. The predicted octanol–water partition coefficient (Wildman–Crippen LogP) is 0.290. The maximum absolute atomic E-state index is 13.4. The number of nitrogens with one attached hydrogen (secondary N) is 1. The molecule has 0 radical (unpaired) electrons. The normalized spacial score (nSPS) is 27.2. The van der Waals surface area contributed by atoms with Gasteiger partial charge in [-0.1, -0.05) is 13.8 Å². The smallest absolute Gasteiger partial charge is 0.329 e. The molecule has 1 aliphatic heterocycles. The Morgan fingerprint density at radius 3 is 2.35 bits per heavy atom. The van der Waals surface area contributed by atoms with Crippen LogP contribution in [0.1, 0.15) is 40.0 Å². The van der Waals surface area contributed by atoms with E-state index in [4.69, 9.17) is 0 Å². The molecule has 1 saturated heterocycles. The first-order valence-corrected chi connectivity index (χ1v) is 13.5. The van der Waals surface area contributed by atoms with Gasteiger partial charge in [0.05, 0.1) is 5.75 Å². The van der Waals surface area contributed by atoms with Crippen molar-refractivity contribution in [3.63, 3.8) is 0 Å². The molecule has 2 atom stereocenters. The number of hydrogen-bond donors (Lipinski definition) is 1.